The van der Waals surface area contributed by atoms with Gasteiger partial charge in [-0.1, -0.05) is 6.07 Å². The van der Waals surface area contributed by atoms with E-state index in [0.29, 0.717) is 13.2 Å². The van der Waals surface area contributed by atoms with Gasteiger partial charge in [-0.15, -0.1) is 11.8 Å². The molecule has 0 fully saturated rings. The molecule has 1 rings (SSSR count). The van der Waals surface area contributed by atoms with Gasteiger partial charge in [-0.25, -0.2) is 0 Å². The summed E-state index contributed by atoms with van der Waals surface area (Å²) in [5, 5.41) is 12.9. The zero-order chi connectivity index (χ0) is 12.7. The van der Waals surface area contributed by atoms with Gasteiger partial charge in [0, 0.05) is 17.1 Å². The lowest BCUT2D eigenvalue weighted by atomic mass is 10.3. The summed E-state index contributed by atoms with van der Waals surface area (Å²) in [6, 6.07) is 8.13. The van der Waals surface area contributed by atoms with Crippen LogP contribution in [0.25, 0.3) is 0 Å². The molecule has 0 spiro atoms. The lowest BCUT2D eigenvalue weighted by Gasteiger charge is -2.15. The minimum Gasteiger partial charge on any atom is -0.389 e. The molecule has 3 nitrogen and oxygen atoms in total. The summed E-state index contributed by atoms with van der Waals surface area (Å²) in [6.07, 6.45) is 1.73. The van der Waals surface area contributed by atoms with Crippen molar-refractivity contribution in [2.45, 2.75) is 31.0 Å². The summed E-state index contributed by atoms with van der Waals surface area (Å²) in [6.45, 7) is 4.79. The van der Waals surface area contributed by atoms with Gasteiger partial charge in [-0.05, 0) is 38.3 Å². The van der Waals surface area contributed by atoms with E-state index in [9.17, 15) is 5.11 Å². The van der Waals surface area contributed by atoms with Crippen LogP contribution in [0.2, 0.25) is 0 Å². The number of anilines is 1. The van der Waals surface area contributed by atoms with Gasteiger partial charge in [-0.2, -0.15) is 0 Å². The molecule has 0 radical (unpaired) electrons. The average molecular weight is 255 g/mol. The predicted molar refractivity (Wildman–Crippen MR) is 73.8 cm³/mol. The third-order valence-corrected chi connectivity index (χ3v) is 2.96. The van der Waals surface area contributed by atoms with Gasteiger partial charge in [0.25, 0.3) is 0 Å². The molecular weight excluding hydrogens is 234 g/mol. The van der Waals surface area contributed by atoms with Gasteiger partial charge in [-0.3, -0.25) is 0 Å². The molecule has 0 aliphatic heterocycles. The highest BCUT2D eigenvalue weighted by Gasteiger charge is 2.05. The highest BCUT2D eigenvalue weighted by atomic mass is 32.2. The number of rotatable bonds is 7. The fraction of sp³-hybridized carbons (Fsp3) is 0.538. The van der Waals surface area contributed by atoms with Crippen molar-refractivity contribution in [3.05, 3.63) is 24.3 Å². The van der Waals surface area contributed by atoms with Crippen molar-refractivity contribution >= 4 is 17.4 Å². The topological polar surface area (TPSA) is 41.5 Å². The van der Waals surface area contributed by atoms with Gasteiger partial charge in [0.05, 0.1) is 18.8 Å². The lowest BCUT2D eigenvalue weighted by molar-refractivity contribution is 0.0112. The molecule has 0 aliphatic rings. The van der Waals surface area contributed by atoms with Crippen LogP contribution in [0.1, 0.15) is 13.8 Å². The van der Waals surface area contributed by atoms with Crippen LogP contribution in [0, 0.1) is 0 Å². The molecule has 0 amide bonds. The zero-order valence-corrected chi connectivity index (χ0v) is 11.5. The molecule has 1 aromatic rings. The molecule has 0 saturated heterocycles. The van der Waals surface area contributed by atoms with E-state index >= 15 is 0 Å². The van der Waals surface area contributed by atoms with Crippen molar-refractivity contribution in [2.24, 2.45) is 0 Å². The van der Waals surface area contributed by atoms with Gasteiger partial charge in [0.1, 0.15) is 0 Å². The first-order valence-electron chi connectivity index (χ1n) is 5.79. The van der Waals surface area contributed by atoms with Crippen molar-refractivity contribution in [1.29, 1.82) is 0 Å². The molecule has 0 bridgehead atoms. The molecule has 0 saturated carbocycles. The summed E-state index contributed by atoms with van der Waals surface area (Å²) < 4.78 is 5.34. The van der Waals surface area contributed by atoms with E-state index in [2.05, 4.69) is 17.4 Å². The Morgan fingerprint density at radius 2 is 2.18 bits per heavy atom. The van der Waals surface area contributed by atoms with E-state index in [1.165, 1.54) is 4.90 Å². The van der Waals surface area contributed by atoms with Crippen molar-refractivity contribution in [3.63, 3.8) is 0 Å². The van der Waals surface area contributed by atoms with E-state index in [-0.39, 0.29) is 6.10 Å². The van der Waals surface area contributed by atoms with Crippen LogP contribution in [0.5, 0.6) is 0 Å². The van der Waals surface area contributed by atoms with Crippen LogP contribution in [-0.4, -0.2) is 36.7 Å². The molecule has 0 heterocycles. The van der Waals surface area contributed by atoms with Gasteiger partial charge in [0.2, 0.25) is 0 Å². The highest BCUT2D eigenvalue weighted by Crippen LogP contribution is 2.18. The maximum atomic E-state index is 9.69. The normalized spacial score (nSPS) is 12.8. The van der Waals surface area contributed by atoms with Crippen LogP contribution in [0.4, 0.5) is 5.69 Å². The first-order valence-corrected chi connectivity index (χ1v) is 7.02. The molecule has 1 aromatic carbocycles. The van der Waals surface area contributed by atoms with Gasteiger partial charge in [0.15, 0.2) is 0 Å². The maximum absolute atomic E-state index is 9.69. The smallest absolute Gasteiger partial charge is 0.0945 e. The van der Waals surface area contributed by atoms with Crippen molar-refractivity contribution < 1.29 is 9.84 Å². The Kier molecular flexibility index (Phi) is 6.40. The zero-order valence-electron chi connectivity index (χ0n) is 10.6. The van der Waals surface area contributed by atoms with E-state index < -0.39 is 6.10 Å². The monoisotopic (exact) mass is 255 g/mol. The number of nitrogens with one attached hydrogen (secondary N) is 1. The Morgan fingerprint density at radius 1 is 1.41 bits per heavy atom. The van der Waals surface area contributed by atoms with Crippen molar-refractivity contribution in [2.75, 3.05) is 24.7 Å². The number of aliphatic hydroxyl groups excluding tert-OH is 1. The summed E-state index contributed by atoms with van der Waals surface area (Å²) in [5.74, 6) is 0. The first kappa shape index (κ1) is 14.4. The van der Waals surface area contributed by atoms with Crippen LogP contribution in [0.3, 0.4) is 0 Å². The molecular formula is C13H21NO2S. The number of ether oxygens (including phenoxy) is 1. The summed E-state index contributed by atoms with van der Waals surface area (Å²) >= 11 is 1.70. The Hall–Kier alpha value is -0.710. The summed E-state index contributed by atoms with van der Waals surface area (Å²) in [7, 11) is 0. The molecule has 2 N–H and O–H groups in total. The van der Waals surface area contributed by atoms with Crippen LogP contribution in [0.15, 0.2) is 29.2 Å². The fourth-order valence-electron chi connectivity index (χ4n) is 1.33. The van der Waals surface area contributed by atoms with Crippen LogP contribution < -0.4 is 5.32 Å². The first-order chi connectivity index (χ1) is 8.11. The van der Waals surface area contributed by atoms with E-state index in [4.69, 9.17) is 4.74 Å². The van der Waals surface area contributed by atoms with Crippen LogP contribution in [-0.2, 0) is 4.74 Å². The quantitative estimate of drug-likeness (QED) is 0.735. The largest absolute Gasteiger partial charge is 0.389 e. The fourth-order valence-corrected chi connectivity index (χ4v) is 1.79. The number of hydrogen-bond acceptors (Lipinski definition) is 4. The van der Waals surface area contributed by atoms with Gasteiger partial charge < -0.3 is 15.2 Å². The average Bonchev–Trinajstić information content (AvgIpc) is 2.34. The number of benzene rings is 1. The molecule has 1 unspecified atom stereocenters. The maximum Gasteiger partial charge on any atom is 0.0945 e. The number of thioether (sulfide) groups is 1. The second-order valence-corrected chi connectivity index (χ2v) is 5.03. The minimum absolute atomic E-state index is 0.157. The minimum atomic E-state index is -0.477. The Labute approximate surface area is 108 Å². The predicted octanol–water partition coefficient (Wildman–Crippen LogP) is 2.61. The Morgan fingerprint density at radius 3 is 2.82 bits per heavy atom. The highest BCUT2D eigenvalue weighted by molar-refractivity contribution is 7.98. The summed E-state index contributed by atoms with van der Waals surface area (Å²) in [4.78, 5) is 1.21. The second kappa shape index (κ2) is 7.58. The SMILES string of the molecule is CSc1cccc(NCC(O)COC(C)C)c1. The molecule has 96 valence electrons. The van der Waals surface area contributed by atoms with Crippen molar-refractivity contribution in [3.8, 4) is 0 Å². The third-order valence-electron chi connectivity index (χ3n) is 2.23. The Bertz CT molecular complexity index is 331. The lowest BCUT2D eigenvalue weighted by Crippen LogP contribution is -2.26. The standard InChI is InChI=1S/C13H21NO2S/c1-10(2)16-9-12(15)8-14-11-5-4-6-13(7-11)17-3/h4-7,10,12,14-15H,8-9H2,1-3H3. The molecule has 17 heavy (non-hydrogen) atoms. The van der Waals surface area contributed by atoms with Crippen LogP contribution >= 0.6 is 11.8 Å². The van der Waals surface area contributed by atoms with Gasteiger partial charge >= 0.3 is 0 Å². The van der Waals surface area contributed by atoms with E-state index in [0.717, 1.165) is 5.69 Å². The van der Waals surface area contributed by atoms with E-state index in [1.807, 2.05) is 32.2 Å². The van der Waals surface area contributed by atoms with E-state index in [1.54, 1.807) is 11.8 Å². The Balaban J connectivity index is 2.33. The molecule has 0 aromatic heterocycles. The third kappa shape index (κ3) is 5.96. The summed E-state index contributed by atoms with van der Waals surface area (Å²) in [5.41, 5.74) is 1.03. The second-order valence-electron chi connectivity index (χ2n) is 4.15. The number of aliphatic hydroxyl groups is 1. The van der Waals surface area contributed by atoms with Crippen molar-refractivity contribution in [1.82, 2.24) is 0 Å². The molecule has 0 aliphatic carbocycles. The number of hydrogen-bond donors (Lipinski definition) is 2. The molecule has 4 heteroatoms. The molecule has 1 atom stereocenters.